The van der Waals surface area contributed by atoms with Gasteiger partial charge in [0.1, 0.15) is 0 Å². The van der Waals surface area contributed by atoms with E-state index in [2.05, 4.69) is 36.5 Å². The fourth-order valence-electron chi connectivity index (χ4n) is 3.65. The van der Waals surface area contributed by atoms with Crippen LogP contribution in [0.5, 0.6) is 0 Å². The number of benzene rings is 1. The van der Waals surface area contributed by atoms with E-state index in [1.54, 1.807) is 0 Å². The normalized spacial score (nSPS) is 18.9. The van der Waals surface area contributed by atoms with Gasteiger partial charge >= 0.3 is 0 Å². The Morgan fingerprint density at radius 1 is 0.880 bits per heavy atom. The highest BCUT2D eigenvalue weighted by molar-refractivity contribution is 5.76. The maximum atomic E-state index is 12.0. The third-order valence-electron chi connectivity index (χ3n) is 5.37. The smallest absolute Gasteiger partial charge is 0.220 e. The van der Waals surface area contributed by atoms with Crippen molar-refractivity contribution in [1.82, 2.24) is 5.32 Å². The van der Waals surface area contributed by atoms with Gasteiger partial charge in [-0.3, -0.25) is 4.79 Å². The Kier molecular flexibility index (Phi) is 9.69. The van der Waals surface area contributed by atoms with Gasteiger partial charge < -0.3 is 5.32 Å². The Morgan fingerprint density at radius 2 is 1.44 bits per heavy atom. The predicted molar refractivity (Wildman–Crippen MR) is 107 cm³/mol. The summed E-state index contributed by atoms with van der Waals surface area (Å²) in [6, 6.07) is 10.9. The average Bonchev–Trinajstić information content (AvgIpc) is 3.39. The van der Waals surface area contributed by atoms with E-state index in [4.69, 9.17) is 0 Å². The molecular weight excluding hydrogens is 306 g/mol. The first-order valence-electron chi connectivity index (χ1n) is 10.7. The van der Waals surface area contributed by atoms with Crippen molar-refractivity contribution in [2.45, 2.75) is 102 Å². The van der Waals surface area contributed by atoms with Crippen LogP contribution in [0.1, 0.15) is 102 Å². The minimum atomic E-state index is 0.249. The van der Waals surface area contributed by atoms with Crippen LogP contribution in [0.15, 0.2) is 30.3 Å². The molecule has 1 amide bonds. The second-order valence-corrected chi connectivity index (χ2v) is 7.71. The molecule has 2 atom stereocenters. The molecule has 0 bridgehead atoms. The van der Waals surface area contributed by atoms with E-state index in [9.17, 15) is 4.79 Å². The zero-order chi connectivity index (χ0) is 17.7. The van der Waals surface area contributed by atoms with Gasteiger partial charge in [0.05, 0.1) is 0 Å². The average molecular weight is 344 g/mol. The van der Waals surface area contributed by atoms with Crippen LogP contribution in [-0.2, 0) is 4.79 Å². The van der Waals surface area contributed by atoms with E-state index in [1.807, 2.05) is 6.07 Å². The Balaban J connectivity index is 1.39. The highest BCUT2D eigenvalue weighted by Crippen LogP contribution is 2.40. The molecule has 2 heteroatoms. The molecule has 1 aromatic carbocycles. The van der Waals surface area contributed by atoms with Crippen molar-refractivity contribution in [3.8, 4) is 0 Å². The Morgan fingerprint density at radius 3 is 2.04 bits per heavy atom. The minimum Gasteiger partial charge on any atom is -0.353 e. The Labute approximate surface area is 154 Å². The molecule has 1 fully saturated rings. The largest absolute Gasteiger partial charge is 0.353 e. The van der Waals surface area contributed by atoms with E-state index in [1.165, 1.54) is 69.8 Å². The third-order valence-corrected chi connectivity index (χ3v) is 5.37. The maximum absolute atomic E-state index is 12.0. The van der Waals surface area contributed by atoms with E-state index in [-0.39, 0.29) is 5.91 Å². The highest BCUT2D eigenvalue weighted by atomic mass is 16.1. The summed E-state index contributed by atoms with van der Waals surface area (Å²) in [7, 11) is 0. The lowest BCUT2D eigenvalue weighted by Crippen LogP contribution is -2.26. The fraction of sp³-hybridized carbons (Fsp3) is 0.696. The summed E-state index contributed by atoms with van der Waals surface area (Å²) in [6.07, 6.45) is 16.4. The molecule has 2 unspecified atom stereocenters. The number of rotatable bonds is 14. The van der Waals surface area contributed by atoms with Crippen molar-refractivity contribution in [3.05, 3.63) is 35.9 Å². The Bertz CT molecular complexity index is 470. The van der Waals surface area contributed by atoms with Crippen LogP contribution in [0.3, 0.4) is 0 Å². The SMILES string of the molecule is CCCCCCCCCCCCCC(=O)NC1CC1c1ccccc1. The number of carbonyl (C=O) groups excluding carboxylic acids is 1. The van der Waals surface area contributed by atoms with Crippen molar-refractivity contribution in [1.29, 1.82) is 0 Å². The molecule has 1 aliphatic carbocycles. The zero-order valence-electron chi connectivity index (χ0n) is 16.1. The molecule has 1 N–H and O–H groups in total. The molecule has 140 valence electrons. The topological polar surface area (TPSA) is 29.1 Å². The van der Waals surface area contributed by atoms with Crippen LogP contribution in [0.4, 0.5) is 0 Å². The van der Waals surface area contributed by atoms with Crippen molar-refractivity contribution >= 4 is 5.91 Å². The van der Waals surface area contributed by atoms with Crippen LogP contribution in [0, 0.1) is 0 Å². The van der Waals surface area contributed by atoms with E-state index in [0.29, 0.717) is 18.4 Å². The van der Waals surface area contributed by atoms with Gasteiger partial charge in [-0.05, 0) is 18.4 Å². The van der Waals surface area contributed by atoms with E-state index < -0.39 is 0 Å². The van der Waals surface area contributed by atoms with Crippen molar-refractivity contribution < 1.29 is 4.79 Å². The van der Waals surface area contributed by atoms with Gasteiger partial charge in [-0.1, -0.05) is 101 Å². The molecule has 25 heavy (non-hydrogen) atoms. The third kappa shape index (κ3) is 8.56. The van der Waals surface area contributed by atoms with Crippen LogP contribution in [-0.4, -0.2) is 11.9 Å². The second-order valence-electron chi connectivity index (χ2n) is 7.71. The van der Waals surface area contributed by atoms with Gasteiger partial charge in [-0.25, -0.2) is 0 Å². The molecule has 1 aromatic rings. The molecule has 1 aliphatic rings. The van der Waals surface area contributed by atoms with E-state index in [0.717, 1.165) is 12.8 Å². The summed E-state index contributed by atoms with van der Waals surface area (Å²) in [5.41, 5.74) is 1.36. The number of carbonyl (C=O) groups is 1. The van der Waals surface area contributed by atoms with Crippen molar-refractivity contribution in [3.63, 3.8) is 0 Å². The molecule has 0 saturated heterocycles. The lowest BCUT2D eigenvalue weighted by Gasteiger charge is -2.05. The lowest BCUT2D eigenvalue weighted by molar-refractivity contribution is -0.121. The van der Waals surface area contributed by atoms with Crippen LogP contribution < -0.4 is 5.32 Å². The van der Waals surface area contributed by atoms with Gasteiger partial charge in [0, 0.05) is 18.4 Å². The van der Waals surface area contributed by atoms with Gasteiger partial charge in [0.2, 0.25) is 5.91 Å². The summed E-state index contributed by atoms with van der Waals surface area (Å²) in [5, 5.41) is 3.20. The summed E-state index contributed by atoms with van der Waals surface area (Å²) in [4.78, 5) is 12.0. The molecule has 0 spiro atoms. The van der Waals surface area contributed by atoms with Gasteiger partial charge in [0.25, 0.3) is 0 Å². The molecule has 0 aliphatic heterocycles. The molecule has 1 saturated carbocycles. The van der Waals surface area contributed by atoms with Gasteiger partial charge in [-0.2, -0.15) is 0 Å². The molecule has 0 aromatic heterocycles. The van der Waals surface area contributed by atoms with Gasteiger partial charge in [0.15, 0.2) is 0 Å². The number of unbranched alkanes of at least 4 members (excludes halogenated alkanes) is 10. The molecule has 2 nitrogen and oxygen atoms in total. The maximum Gasteiger partial charge on any atom is 0.220 e. The fourth-order valence-corrected chi connectivity index (χ4v) is 3.65. The van der Waals surface area contributed by atoms with Gasteiger partial charge in [-0.15, -0.1) is 0 Å². The number of hydrogen-bond acceptors (Lipinski definition) is 1. The van der Waals surface area contributed by atoms with Crippen molar-refractivity contribution in [2.24, 2.45) is 0 Å². The summed E-state index contributed by atoms with van der Waals surface area (Å²) < 4.78 is 0. The van der Waals surface area contributed by atoms with E-state index >= 15 is 0 Å². The lowest BCUT2D eigenvalue weighted by atomic mass is 10.1. The first kappa shape index (κ1) is 20.0. The minimum absolute atomic E-state index is 0.249. The van der Waals surface area contributed by atoms with Crippen LogP contribution >= 0.6 is 0 Å². The molecule has 0 heterocycles. The monoisotopic (exact) mass is 343 g/mol. The summed E-state index contributed by atoms with van der Waals surface area (Å²) >= 11 is 0. The first-order chi connectivity index (χ1) is 12.3. The summed E-state index contributed by atoms with van der Waals surface area (Å²) in [5.74, 6) is 0.793. The van der Waals surface area contributed by atoms with Crippen LogP contribution in [0.25, 0.3) is 0 Å². The second kappa shape index (κ2) is 12.1. The standard InChI is InChI=1S/C23H37NO/c1-2-3-4-5-6-7-8-9-10-11-15-18-23(25)24-22-19-21(22)20-16-13-12-14-17-20/h12-14,16-17,21-22H,2-11,15,18-19H2,1H3,(H,24,25). The van der Waals surface area contributed by atoms with Crippen molar-refractivity contribution in [2.75, 3.05) is 0 Å². The number of hydrogen-bond donors (Lipinski definition) is 1. The zero-order valence-corrected chi connectivity index (χ0v) is 16.1. The molecule has 2 rings (SSSR count). The first-order valence-corrected chi connectivity index (χ1v) is 10.7. The number of amides is 1. The molecule has 0 radical (unpaired) electrons. The van der Waals surface area contributed by atoms with Crippen LogP contribution in [0.2, 0.25) is 0 Å². The quantitative estimate of drug-likeness (QED) is 0.391. The predicted octanol–water partition coefficient (Wildman–Crippen LogP) is 6.36. The molecular formula is C23H37NO. The summed E-state index contributed by atoms with van der Waals surface area (Å²) in [6.45, 7) is 2.27. The highest BCUT2D eigenvalue weighted by Gasteiger charge is 2.39. The Hall–Kier alpha value is -1.31. The number of nitrogens with one attached hydrogen (secondary N) is 1.